The van der Waals surface area contributed by atoms with Gasteiger partial charge in [-0.2, -0.15) is 4.39 Å². The largest absolute Gasteiger partial charge is 0.270 e. The van der Waals surface area contributed by atoms with E-state index in [1.165, 1.54) is 0 Å². The molecule has 0 saturated heterocycles. The van der Waals surface area contributed by atoms with Crippen molar-refractivity contribution in [3.63, 3.8) is 0 Å². The van der Waals surface area contributed by atoms with E-state index in [0.717, 1.165) is 11.3 Å². The number of aromatic nitrogens is 2. The second kappa shape index (κ2) is 2.40. The summed E-state index contributed by atoms with van der Waals surface area (Å²) in [6.07, 6.45) is 0.714. The van der Waals surface area contributed by atoms with Crippen LogP contribution >= 0.6 is 0 Å². The Morgan fingerprint density at radius 2 is 2.20 bits per heavy atom. The zero-order valence-corrected chi connectivity index (χ0v) is 6.48. The Balaban J connectivity index is 3.20. The molecule has 10 heavy (non-hydrogen) atoms. The van der Waals surface area contributed by atoms with E-state index in [1.807, 2.05) is 13.8 Å². The number of nitrogens with zero attached hydrogens (tertiary/aromatic N) is 2. The molecule has 1 heterocycles. The Morgan fingerprint density at radius 3 is 2.40 bits per heavy atom. The number of hydrogen-bond donors (Lipinski definition) is 0. The molecule has 0 aliphatic carbocycles. The number of hydrogen-bond acceptors (Lipinski definition) is 1. The smallest absolute Gasteiger partial charge is 0.236 e. The van der Waals surface area contributed by atoms with Crippen molar-refractivity contribution < 1.29 is 4.39 Å². The standard InChI is InChI=1S/C7H11FN2/c1-4-6-5(2)10(3)9-7(6)8/h4H2,1-3H3. The molecular formula is C7H11FN2. The first-order chi connectivity index (χ1) is 4.66. The lowest BCUT2D eigenvalue weighted by molar-refractivity contribution is 0.544. The van der Waals surface area contributed by atoms with Crippen molar-refractivity contribution in [2.45, 2.75) is 20.3 Å². The van der Waals surface area contributed by atoms with Gasteiger partial charge in [0.2, 0.25) is 5.95 Å². The van der Waals surface area contributed by atoms with Crippen molar-refractivity contribution in [3.8, 4) is 0 Å². The fourth-order valence-corrected chi connectivity index (χ4v) is 1.01. The van der Waals surface area contributed by atoms with Crippen molar-refractivity contribution in [2.24, 2.45) is 7.05 Å². The minimum absolute atomic E-state index is 0.331. The van der Waals surface area contributed by atoms with Gasteiger partial charge in [0.1, 0.15) is 0 Å². The van der Waals surface area contributed by atoms with Gasteiger partial charge in [0.25, 0.3) is 0 Å². The first-order valence-electron chi connectivity index (χ1n) is 3.34. The summed E-state index contributed by atoms with van der Waals surface area (Å²) in [6.45, 7) is 3.79. The predicted octanol–water partition coefficient (Wildman–Crippen LogP) is 1.43. The number of rotatable bonds is 1. The van der Waals surface area contributed by atoms with Gasteiger partial charge < -0.3 is 0 Å². The molecule has 0 amide bonds. The zero-order chi connectivity index (χ0) is 7.72. The van der Waals surface area contributed by atoms with Gasteiger partial charge in [-0.15, -0.1) is 5.10 Å². The van der Waals surface area contributed by atoms with Gasteiger partial charge in [0, 0.05) is 18.3 Å². The van der Waals surface area contributed by atoms with Crippen molar-refractivity contribution in [1.29, 1.82) is 0 Å². The van der Waals surface area contributed by atoms with Crippen LogP contribution in [0.2, 0.25) is 0 Å². The van der Waals surface area contributed by atoms with Crippen molar-refractivity contribution in [1.82, 2.24) is 9.78 Å². The average Bonchev–Trinajstić information content (AvgIpc) is 2.09. The Bertz CT molecular complexity index is 240. The molecule has 0 saturated carbocycles. The van der Waals surface area contributed by atoms with Gasteiger partial charge >= 0.3 is 0 Å². The van der Waals surface area contributed by atoms with Gasteiger partial charge in [0.05, 0.1) is 0 Å². The molecule has 1 aromatic heterocycles. The van der Waals surface area contributed by atoms with Crippen LogP contribution in [0.5, 0.6) is 0 Å². The minimum atomic E-state index is -0.331. The first kappa shape index (κ1) is 7.25. The Labute approximate surface area is 59.7 Å². The third-order valence-electron chi connectivity index (χ3n) is 1.76. The third-order valence-corrected chi connectivity index (χ3v) is 1.76. The molecule has 3 heteroatoms. The zero-order valence-electron chi connectivity index (χ0n) is 6.48. The molecule has 0 N–H and O–H groups in total. The summed E-state index contributed by atoms with van der Waals surface area (Å²) >= 11 is 0. The molecule has 0 unspecified atom stereocenters. The maximum atomic E-state index is 12.7. The molecule has 0 aromatic carbocycles. The molecule has 56 valence electrons. The first-order valence-corrected chi connectivity index (χ1v) is 3.34. The number of aryl methyl sites for hydroxylation is 1. The lowest BCUT2D eigenvalue weighted by atomic mass is 10.2. The molecule has 0 aliphatic heterocycles. The van der Waals surface area contributed by atoms with Crippen LogP contribution in [0, 0.1) is 12.9 Å². The topological polar surface area (TPSA) is 17.8 Å². The SMILES string of the molecule is CCc1c(F)nn(C)c1C. The molecule has 0 atom stereocenters. The van der Waals surface area contributed by atoms with Crippen molar-refractivity contribution in [3.05, 3.63) is 17.2 Å². The van der Waals surface area contributed by atoms with Crippen LogP contribution in [-0.4, -0.2) is 9.78 Å². The quantitative estimate of drug-likeness (QED) is 0.580. The minimum Gasteiger partial charge on any atom is -0.270 e. The van der Waals surface area contributed by atoms with Crippen LogP contribution in [0.4, 0.5) is 4.39 Å². The van der Waals surface area contributed by atoms with Crippen LogP contribution in [0.15, 0.2) is 0 Å². The summed E-state index contributed by atoms with van der Waals surface area (Å²) < 4.78 is 14.3. The molecule has 2 nitrogen and oxygen atoms in total. The molecule has 1 rings (SSSR count). The van der Waals surface area contributed by atoms with Crippen LogP contribution in [0.1, 0.15) is 18.2 Å². The molecule has 0 aliphatic rings. The summed E-state index contributed by atoms with van der Waals surface area (Å²) in [6, 6.07) is 0. The highest BCUT2D eigenvalue weighted by Gasteiger charge is 2.08. The van der Waals surface area contributed by atoms with E-state index >= 15 is 0 Å². The molecular weight excluding hydrogens is 131 g/mol. The Kier molecular flexibility index (Phi) is 1.74. The lowest BCUT2D eigenvalue weighted by Crippen LogP contribution is -1.93. The summed E-state index contributed by atoms with van der Waals surface area (Å²) in [4.78, 5) is 0. The van der Waals surface area contributed by atoms with Crippen LogP contribution < -0.4 is 0 Å². The maximum Gasteiger partial charge on any atom is 0.236 e. The molecule has 0 spiro atoms. The van der Waals surface area contributed by atoms with Gasteiger partial charge in [-0.25, -0.2) is 0 Å². The van der Waals surface area contributed by atoms with Gasteiger partial charge in [-0.3, -0.25) is 4.68 Å². The maximum absolute atomic E-state index is 12.7. The van der Waals surface area contributed by atoms with E-state index < -0.39 is 0 Å². The second-order valence-electron chi connectivity index (χ2n) is 2.33. The van der Waals surface area contributed by atoms with E-state index in [0.29, 0.717) is 6.42 Å². The summed E-state index contributed by atoms with van der Waals surface area (Å²) in [7, 11) is 1.75. The monoisotopic (exact) mass is 142 g/mol. The van der Waals surface area contributed by atoms with E-state index in [-0.39, 0.29) is 5.95 Å². The fourth-order valence-electron chi connectivity index (χ4n) is 1.01. The summed E-state index contributed by atoms with van der Waals surface area (Å²) in [5.41, 5.74) is 1.64. The van der Waals surface area contributed by atoms with E-state index in [4.69, 9.17) is 0 Å². The van der Waals surface area contributed by atoms with Gasteiger partial charge in [-0.05, 0) is 13.3 Å². The highest BCUT2D eigenvalue weighted by Crippen LogP contribution is 2.10. The molecule has 0 fully saturated rings. The highest BCUT2D eigenvalue weighted by atomic mass is 19.1. The second-order valence-corrected chi connectivity index (χ2v) is 2.33. The summed E-state index contributed by atoms with van der Waals surface area (Å²) in [5.74, 6) is -0.331. The Hall–Kier alpha value is -0.860. The summed E-state index contributed by atoms with van der Waals surface area (Å²) in [5, 5.41) is 3.63. The normalized spacial score (nSPS) is 10.4. The number of halogens is 1. The van der Waals surface area contributed by atoms with Crippen LogP contribution in [0.3, 0.4) is 0 Å². The van der Waals surface area contributed by atoms with E-state index in [9.17, 15) is 4.39 Å². The van der Waals surface area contributed by atoms with E-state index in [2.05, 4.69) is 5.10 Å². The highest BCUT2D eigenvalue weighted by molar-refractivity contribution is 5.17. The average molecular weight is 142 g/mol. The third kappa shape index (κ3) is 0.916. The van der Waals surface area contributed by atoms with Gasteiger partial charge in [0.15, 0.2) is 0 Å². The molecule has 0 radical (unpaired) electrons. The van der Waals surface area contributed by atoms with Crippen LogP contribution in [0.25, 0.3) is 0 Å². The van der Waals surface area contributed by atoms with Crippen molar-refractivity contribution >= 4 is 0 Å². The molecule has 1 aromatic rings. The predicted molar refractivity (Wildman–Crippen MR) is 37.3 cm³/mol. The Morgan fingerprint density at radius 1 is 1.60 bits per heavy atom. The fraction of sp³-hybridized carbons (Fsp3) is 0.571. The lowest BCUT2D eigenvalue weighted by Gasteiger charge is -1.93. The van der Waals surface area contributed by atoms with E-state index in [1.54, 1.807) is 11.7 Å². The molecule has 0 bridgehead atoms. The van der Waals surface area contributed by atoms with Crippen molar-refractivity contribution in [2.75, 3.05) is 0 Å². The van der Waals surface area contributed by atoms with Gasteiger partial charge in [-0.1, -0.05) is 6.92 Å². The van der Waals surface area contributed by atoms with Crippen LogP contribution in [-0.2, 0) is 13.5 Å².